The number of ether oxygens (including phenoxy) is 1. The first-order chi connectivity index (χ1) is 9.61. The summed E-state index contributed by atoms with van der Waals surface area (Å²) in [6, 6.07) is 6.12. The van der Waals surface area contributed by atoms with Crippen molar-refractivity contribution in [1.29, 1.82) is 0 Å². The van der Waals surface area contributed by atoms with Gasteiger partial charge in [0, 0.05) is 36.6 Å². The van der Waals surface area contributed by atoms with E-state index < -0.39 is 0 Å². The van der Waals surface area contributed by atoms with Crippen LogP contribution in [0.4, 0.5) is 11.6 Å². The predicted octanol–water partition coefficient (Wildman–Crippen LogP) is 4.04. The van der Waals surface area contributed by atoms with Crippen LogP contribution in [0.1, 0.15) is 17.7 Å². The van der Waals surface area contributed by atoms with Gasteiger partial charge in [0.25, 0.3) is 0 Å². The number of imidazole rings is 1. The Bertz CT molecular complexity index is 580. The summed E-state index contributed by atoms with van der Waals surface area (Å²) in [6.07, 6.45) is 3.03. The lowest BCUT2D eigenvalue weighted by Gasteiger charge is -2.12. The molecule has 1 heterocycles. The lowest BCUT2D eigenvalue weighted by atomic mass is 10.2. The second kappa shape index (κ2) is 6.90. The van der Waals surface area contributed by atoms with Gasteiger partial charge in [0.1, 0.15) is 0 Å². The third-order valence-corrected chi connectivity index (χ3v) is 4.02. The number of nitrogens with zero attached hydrogens (tertiary/aromatic N) is 2. The molecule has 4 nitrogen and oxygen atoms in total. The van der Waals surface area contributed by atoms with Crippen LogP contribution in [0.15, 0.2) is 28.9 Å². The van der Waals surface area contributed by atoms with Crippen molar-refractivity contribution in [3.8, 4) is 0 Å². The summed E-state index contributed by atoms with van der Waals surface area (Å²) in [5.41, 5.74) is 3.26. The molecule has 20 heavy (non-hydrogen) atoms. The molecule has 0 bridgehead atoms. The third-order valence-electron chi connectivity index (χ3n) is 3.16. The molecule has 1 aromatic carbocycles. The van der Waals surface area contributed by atoms with Crippen LogP contribution in [-0.2, 0) is 11.3 Å². The van der Waals surface area contributed by atoms with Crippen LogP contribution in [0.5, 0.6) is 0 Å². The molecule has 108 valence electrons. The predicted molar refractivity (Wildman–Crippen MR) is 85.6 cm³/mol. The molecule has 2 rings (SSSR count). The van der Waals surface area contributed by atoms with E-state index in [0.29, 0.717) is 0 Å². The van der Waals surface area contributed by atoms with E-state index >= 15 is 0 Å². The number of anilines is 2. The van der Waals surface area contributed by atoms with Gasteiger partial charge in [-0.25, -0.2) is 4.98 Å². The van der Waals surface area contributed by atoms with Crippen LogP contribution in [-0.4, -0.2) is 23.3 Å². The number of hydrogen-bond acceptors (Lipinski definition) is 3. The van der Waals surface area contributed by atoms with Crippen LogP contribution in [0.3, 0.4) is 0 Å². The Hall–Kier alpha value is -1.33. The molecule has 0 radical (unpaired) electrons. The van der Waals surface area contributed by atoms with E-state index in [2.05, 4.69) is 50.0 Å². The lowest BCUT2D eigenvalue weighted by molar-refractivity contribution is 0.190. The van der Waals surface area contributed by atoms with Crippen molar-refractivity contribution in [2.24, 2.45) is 0 Å². The molecule has 0 saturated carbocycles. The summed E-state index contributed by atoms with van der Waals surface area (Å²) in [5, 5.41) is 3.41. The van der Waals surface area contributed by atoms with Crippen LogP contribution in [0.25, 0.3) is 0 Å². The average molecular weight is 338 g/mol. The van der Waals surface area contributed by atoms with Crippen LogP contribution >= 0.6 is 15.9 Å². The highest BCUT2D eigenvalue weighted by molar-refractivity contribution is 9.10. The largest absolute Gasteiger partial charge is 0.385 e. The number of nitrogens with one attached hydrogen (secondary N) is 1. The van der Waals surface area contributed by atoms with Crippen molar-refractivity contribution in [3.63, 3.8) is 0 Å². The van der Waals surface area contributed by atoms with E-state index in [1.54, 1.807) is 7.11 Å². The quantitative estimate of drug-likeness (QED) is 0.808. The molecular weight excluding hydrogens is 318 g/mol. The highest BCUT2D eigenvalue weighted by Gasteiger charge is 2.08. The van der Waals surface area contributed by atoms with Gasteiger partial charge in [-0.2, -0.15) is 0 Å². The van der Waals surface area contributed by atoms with Crippen LogP contribution in [0.2, 0.25) is 0 Å². The van der Waals surface area contributed by atoms with Crippen molar-refractivity contribution in [2.45, 2.75) is 26.8 Å². The minimum Gasteiger partial charge on any atom is -0.385 e. The first-order valence-electron chi connectivity index (χ1n) is 6.66. The third kappa shape index (κ3) is 3.61. The van der Waals surface area contributed by atoms with Crippen molar-refractivity contribution < 1.29 is 4.74 Å². The van der Waals surface area contributed by atoms with E-state index in [1.165, 1.54) is 5.56 Å². The molecule has 5 heteroatoms. The highest BCUT2D eigenvalue weighted by atomic mass is 79.9. The molecule has 0 atom stereocenters. The van der Waals surface area contributed by atoms with Crippen molar-refractivity contribution >= 4 is 27.6 Å². The van der Waals surface area contributed by atoms with Crippen LogP contribution in [0, 0.1) is 13.8 Å². The van der Waals surface area contributed by atoms with Crippen molar-refractivity contribution in [3.05, 3.63) is 40.1 Å². The van der Waals surface area contributed by atoms with Gasteiger partial charge in [0.15, 0.2) is 0 Å². The summed E-state index contributed by atoms with van der Waals surface area (Å²) < 4.78 is 8.33. The smallest absolute Gasteiger partial charge is 0.207 e. The second-order valence-corrected chi connectivity index (χ2v) is 5.64. The number of halogens is 1. The van der Waals surface area contributed by atoms with E-state index in [1.807, 2.05) is 19.1 Å². The van der Waals surface area contributed by atoms with Crippen LogP contribution < -0.4 is 5.32 Å². The summed E-state index contributed by atoms with van der Waals surface area (Å²) in [6.45, 7) is 5.74. The molecule has 0 unspecified atom stereocenters. The number of benzene rings is 1. The minimum atomic E-state index is 0.757. The SMILES string of the molecule is COCCCn1cc(C)nc1Nc1cccc(Br)c1C. The molecule has 0 amide bonds. The highest BCUT2D eigenvalue weighted by Crippen LogP contribution is 2.26. The zero-order valence-electron chi connectivity index (χ0n) is 12.1. The summed E-state index contributed by atoms with van der Waals surface area (Å²) in [7, 11) is 1.73. The van der Waals surface area contributed by atoms with Gasteiger partial charge in [0.2, 0.25) is 5.95 Å². The number of aryl methyl sites for hydroxylation is 2. The van der Waals surface area contributed by atoms with Gasteiger partial charge >= 0.3 is 0 Å². The normalized spacial score (nSPS) is 10.8. The standard InChI is InChI=1S/C15H20BrN3O/c1-11-10-19(8-5-9-20-3)15(17-11)18-14-7-4-6-13(16)12(14)2/h4,6-7,10H,5,8-9H2,1-3H3,(H,17,18). The molecular formula is C15H20BrN3O. The zero-order valence-corrected chi connectivity index (χ0v) is 13.7. The maximum absolute atomic E-state index is 5.10. The first-order valence-corrected chi connectivity index (χ1v) is 7.46. The summed E-state index contributed by atoms with van der Waals surface area (Å²) in [4.78, 5) is 4.55. The molecule has 1 aromatic heterocycles. The average Bonchev–Trinajstić information content (AvgIpc) is 2.76. The molecule has 0 aliphatic carbocycles. The monoisotopic (exact) mass is 337 g/mol. The number of hydrogen-bond donors (Lipinski definition) is 1. The maximum Gasteiger partial charge on any atom is 0.207 e. The summed E-state index contributed by atoms with van der Waals surface area (Å²) >= 11 is 3.55. The number of methoxy groups -OCH3 is 1. The van der Waals surface area contributed by atoms with Gasteiger partial charge in [-0.3, -0.25) is 0 Å². The van der Waals surface area contributed by atoms with Gasteiger partial charge in [-0.15, -0.1) is 0 Å². The minimum absolute atomic E-state index is 0.757. The fraction of sp³-hybridized carbons (Fsp3) is 0.400. The molecule has 0 spiro atoms. The Labute approximate surface area is 128 Å². The Balaban J connectivity index is 2.18. The Morgan fingerprint density at radius 3 is 2.90 bits per heavy atom. The molecule has 2 aromatic rings. The second-order valence-electron chi connectivity index (χ2n) is 4.78. The Kier molecular flexibility index (Phi) is 5.20. The van der Waals surface area contributed by atoms with E-state index in [-0.39, 0.29) is 0 Å². The van der Waals surface area contributed by atoms with E-state index in [4.69, 9.17) is 4.74 Å². The van der Waals surface area contributed by atoms with E-state index in [9.17, 15) is 0 Å². The van der Waals surface area contributed by atoms with Crippen molar-refractivity contribution in [1.82, 2.24) is 9.55 Å². The fourth-order valence-corrected chi connectivity index (χ4v) is 2.43. The molecule has 0 fully saturated rings. The molecule has 0 aliphatic heterocycles. The van der Waals surface area contributed by atoms with E-state index in [0.717, 1.165) is 41.4 Å². The Morgan fingerprint density at radius 2 is 2.15 bits per heavy atom. The topological polar surface area (TPSA) is 39.1 Å². The molecule has 0 aliphatic rings. The fourth-order valence-electron chi connectivity index (χ4n) is 2.06. The number of aromatic nitrogens is 2. The Morgan fingerprint density at radius 1 is 1.35 bits per heavy atom. The molecule has 1 N–H and O–H groups in total. The molecule has 0 saturated heterocycles. The van der Waals surface area contributed by atoms with Gasteiger partial charge in [-0.1, -0.05) is 22.0 Å². The summed E-state index contributed by atoms with van der Waals surface area (Å²) in [5.74, 6) is 0.875. The van der Waals surface area contributed by atoms with Gasteiger partial charge < -0.3 is 14.6 Å². The maximum atomic E-state index is 5.10. The zero-order chi connectivity index (χ0) is 14.5. The van der Waals surface area contributed by atoms with Gasteiger partial charge in [-0.05, 0) is 38.0 Å². The van der Waals surface area contributed by atoms with Gasteiger partial charge in [0.05, 0.1) is 5.69 Å². The lowest BCUT2D eigenvalue weighted by Crippen LogP contribution is -2.06. The van der Waals surface area contributed by atoms with Crippen molar-refractivity contribution in [2.75, 3.05) is 19.0 Å². The first kappa shape index (κ1) is 15.1. The number of rotatable bonds is 6.